The summed E-state index contributed by atoms with van der Waals surface area (Å²) in [7, 11) is -4.34. The number of nitrogens with zero attached hydrogens (tertiary/aromatic N) is 2. The molecular weight excluding hydrogens is 688 g/mol. The Hall–Kier alpha value is -3.27. The molecule has 0 bridgehead atoms. The molecule has 0 radical (unpaired) electrons. The highest BCUT2D eigenvalue weighted by atomic mass is 35.5. The molecule has 7 nitrogen and oxygen atoms in total. The van der Waals surface area contributed by atoms with Crippen LogP contribution in [0.1, 0.15) is 30.9 Å². The molecule has 0 aliphatic rings. The summed E-state index contributed by atoms with van der Waals surface area (Å²) in [5.41, 5.74) is 1.22. The number of carbonyl (C=O) groups excluding carboxylic acids is 2. The third kappa shape index (κ3) is 8.96. The fourth-order valence-corrected chi connectivity index (χ4v) is 7.22. The second-order valence-corrected chi connectivity index (χ2v) is 14.0. The molecule has 1 atom stereocenters. The molecule has 0 saturated carbocycles. The van der Waals surface area contributed by atoms with Gasteiger partial charge in [0.15, 0.2) is 0 Å². The van der Waals surface area contributed by atoms with Crippen LogP contribution in [-0.2, 0) is 32.6 Å². The van der Waals surface area contributed by atoms with E-state index in [2.05, 4.69) is 5.32 Å². The van der Waals surface area contributed by atoms with Gasteiger partial charge < -0.3 is 10.2 Å². The number of unbranched alkanes of at least 4 members (excludes halogenated alkanes) is 1. The molecule has 4 rings (SSSR count). The number of hydrogen-bond donors (Lipinski definition) is 1. The van der Waals surface area contributed by atoms with Crippen molar-refractivity contribution in [1.29, 1.82) is 0 Å². The SMILES string of the molecule is CCCCNC(=O)[C@@H](Cc1ccccc1)N(Cc1c(Cl)cccc1Cl)C(=O)CN(c1cc(Cl)ccc1Cl)S(=O)(=O)c1ccccc1. The predicted molar refractivity (Wildman–Crippen MR) is 186 cm³/mol. The van der Waals surface area contributed by atoms with Gasteiger partial charge in [0.1, 0.15) is 12.6 Å². The fraction of sp³-hybridized carbons (Fsp3) is 0.235. The van der Waals surface area contributed by atoms with Crippen molar-refractivity contribution in [2.75, 3.05) is 17.4 Å². The van der Waals surface area contributed by atoms with E-state index in [9.17, 15) is 18.0 Å². The van der Waals surface area contributed by atoms with Gasteiger partial charge in [0.25, 0.3) is 10.0 Å². The molecule has 0 fully saturated rings. The summed E-state index contributed by atoms with van der Waals surface area (Å²) >= 11 is 25.9. The van der Waals surface area contributed by atoms with Gasteiger partial charge in [-0.05, 0) is 54.4 Å². The smallest absolute Gasteiger partial charge is 0.264 e. The first-order valence-corrected chi connectivity index (χ1v) is 17.5. The number of nitrogens with one attached hydrogen (secondary N) is 1. The number of sulfonamides is 1. The highest BCUT2D eigenvalue weighted by Crippen LogP contribution is 2.34. The summed E-state index contributed by atoms with van der Waals surface area (Å²) < 4.78 is 29.2. The monoisotopic (exact) mass is 719 g/mol. The lowest BCUT2D eigenvalue weighted by Gasteiger charge is -2.34. The Morgan fingerprint density at radius 3 is 2.07 bits per heavy atom. The lowest BCUT2D eigenvalue weighted by molar-refractivity contribution is -0.140. The Balaban J connectivity index is 1.85. The molecule has 1 N–H and O–H groups in total. The number of rotatable bonds is 14. The van der Waals surface area contributed by atoms with Crippen LogP contribution in [0, 0.1) is 0 Å². The average Bonchev–Trinajstić information content (AvgIpc) is 3.04. The van der Waals surface area contributed by atoms with Crippen molar-refractivity contribution in [2.24, 2.45) is 0 Å². The standard InChI is InChI=1S/C34H33Cl4N3O4S/c1-2-3-19-39-34(43)32(20-24-11-6-4-7-12-24)40(22-27-28(36)15-10-16-29(27)37)33(42)23-41(31-21-25(35)17-18-30(31)38)46(44,45)26-13-8-5-9-14-26/h4-18,21,32H,2-3,19-20,22-23H2,1H3,(H,39,43)/t32-/m1/s1. The van der Waals surface area contributed by atoms with E-state index in [4.69, 9.17) is 46.4 Å². The molecule has 2 amide bonds. The largest absolute Gasteiger partial charge is 0.354 e. The molecule has 46 heavy (non-hydrogen) atoms. The Kier molecular flexibility index (Phi) is 12.8. The van der Waals surface area contributed by atoms with E-state index >= 15 is 0 Å². The normalized spacial score (nSPS) is 11.9. The summed E-state index contributed by atoms with van der Waals surface area (Å²) in [5.74, 6) is -1.08. The minimum absolute atomic E-state index is 0.00843. The summed E-state index contributed by atoms with van der Waals surface area (Å²) in [6, 6.07) is 25.2. The molecule has 0 unspecified atom stereocenters. The van der Waals surface area contributed by atoms with Crippen LogP contribution < -0.4 is 9.62 Å². The maximum absolute atomic E-state index is 14.6. The highest BCUT2D eigenvalue weighted by Gasteiger charge is 2.35. The maximum atomic E-state index is 14.6. The lowest BCUT2D eigenvalue weighted by Crippen LogP contribution is -2.53. The summed E-state index contributed by atoms with van der Waals surface area (Å²) in [5, 5.41) is 3.81. The van der Waals surface area contributed by atoms with Crippen molar-refractivity contribution in [3.8, 4) is 0 Å². The molecule has 0 aliphatic heterocycles. The number of halogens is 4. The van der Waals surface area contributed by atoms with E-state index in [1.165, 1.54) is 35.2 Å². The molecule has 0 spiro atoms. The Morgan fingerprint density at radius 1 is 0.804 bits per heavy atom. The van der Waals surface area contributed by atoms with E-state index in [1.54, 1.807) is 36.4 Å². The van der Waals surface area contributed by atoms with E-state index in [0.717, 1.165) is 22.7 Å². The first-order valence-electron chi connectivity index (χ1n) is 14.6. The topological polar surface area (TPSA) is 86.8 Å². The van der Waals surface area contributed by atoms with Crippen molar-refractivity contribution in [3.63, 3.8) is 0 Å². The quantitative estimate of drug-likeness (QED) is 0.134. The summed E-state index contributed by atoms with van der Waals surface area (Å²) in [4.78, 5) is 29.7. The van der Waals surface area contributed by atoms with Gasteiger partial charge in [-0.25, -0.2) is 8.42 Å². The number of hydrogen-bond acceptors (Lipinski definition) is 4. The number of anilines is 1. The fourth-order valence-electron chi connectivity index (χ4n) is 4.82. The number of amides is 2. The van der Waals surface area contributed by atoms with Gasteiger partial charge in [0, 0.05) is 40.1 Å². The maximum Gasteiger partial charge on any atom is 0.264 e. The van der Waals surface area contributed by atoms with E-state index in [-0.39, 0.29) is 33.6 Å². The van der Waals surface area contributed by atoms with Crippen LogP contribution in [0.25, 0.3) is 0 Å². The zero-order valence-electron chi connectivity index (χ0n) is 25.0. The van der Waals surface area contributed by atoms with Crippen LogP contribution >= 0.6 is 46.4 Å². The van der Waals surface area contributed by atoms with Gasteiger partial charge in [0.2, 0.25) is 11.8 Å². The molecule has 0 saturated heterocycles. The van der Waals surface area contributed by atoms with Crippen molar-refractivity contribution >= 4 is 73.9 Å². The zero-order chi connectivity index (χ0) is 33.3. The second kappa shape index (κ2) is 16.5. The lowest BCUT2D eigenvalue weighted by atomic mass is 10.0. The number of benzene rings is 4. The zero-order valence-corrected chi connectivity index (χ0v) is 28.8. The number of carbonyl (C=O) groups is 2. The van der Waals surface area contributed by atoms with Crippen molar-refractivity contribution in [2.45, 2.75) is 43.7 Å². The Labute approximate surface area is 290 Å². The molecule has 242 valence electrons. The second-order valence-electron chi connectivity index (χ2n) is 10.5. The van der Waals surface area contributed by atoms with E-state index in [1.807, 2.05) is 37.3 Å². The summed E-state index contributed by atoms with van der Waals surface area (Å²) in [6.07, 6.45) is 1.74. The van der Waals surface area contributed by atoms with E-state index < -0.39 is 34.4 Å². The van der Waals surface area contributed by atoms with Gasteiger partial charge in [-0.1, -0.05) is 114 Å². The van der Waals surface area contributed by atoms with Gasteiger partial charge in [0.05, 0.1) is 15.6 Å². The first-order chi connectivity index (χ1) is 22.0. The minimum Gasteiger partial charge on any atom is -0.354 e. The third-order valence-electron chi connectivity index (χ3n) is 7.28. The molecule has 0 aromatic heterocycles. The molecule has 4 aromatic carbocycles. The van der Waals surface area contributed by atoms with Gasteiger partial charge in [-0.2, -0.15) is 0 Å². The Bertz CT molecular complexity index is 1740. The van der Waals surface area contributed by atoms with Crippen molar-refractivity contribution < 1.29 is 18.0 Å². The van der Waals surface area contributed by atoms with E-state index in [0.29, 0.717) is 22.2 Å². The molecule has 12 heteroatoms. The van der Waals surface area contributed by atoms with Crippen LogP contribution in [0.5, 0.6) is 0 Å². The molecule has 4 aromatic rings. The first kappa shape index (κ1) is 35.6. The van der Waals surface area contributed by atoms with Crippen LogP contribution in [0.3, 0.4) is 0 Å². The van der Waals surface area contributed by atoms with Gasteiger partial charge in [-0.15, -0.1) is 0 Å². The summed E-state index contributed by atoms with van der Waals surface area (Å²) in [6.45, 7) is 1.54. The third-order valence-corrected chi connectivity index (χ3v) is 10.3. The molecule has 0 aliphatic carbocycles. The Morgan fingerprint density at radius 2 is 1.43 bits per heavy atom. The van der Waals surface area contributed by atoms with Crippen LogP contribution in [0.4, 0.5) is 5.69 Å². The molecular formula is C34H33Cl4N3O4S. The predicted octanol–water partition coefficient (Wildman–Crippen LogP) is 8.05. The highest BCUT2D eigenvalue weighted by molar-refractivity contribution is 7.92. The average molecular weight is 722 g/mol. The van der Waals surface area contributed by atoms with Crippen LogP contribution in [-0.4, -0.2) is 44.3 Å². The van der Waals surface area contributed by atoms with Crippen molar-refractivity contribution in [1.82, 2.24) is 10.2 Å². The molecule has 0 heterocycles. The van der Waals surface area contributed by atoms with Crippen LogP contribution in [0.2, 0.25) is 20.1 Å². The minimum atomic E-state index is -4.34. The van der Waals surface area contributed by atoms with Crippen LogP contribution in [0.15, 0.2) is 102 Å². The van der Waals surface area contributed by atoms with Gasteiger partial charge in [-0.3, -0.25) is 13.9 Å². The van der Waals surface area contributed by atoms with Gasteiger partial charge >= 0.3 is 0 Å². The van der Waals surface area contributed by atoms with Crippen molar-refractivity contribution in [3.05, 3.63) is 128 Å².